The lowest BCUT2D eigenvalue weighted by Gasteiger charge is -2.06. The molecule has 0 aliphatic carbocycles. The summed E-state index contributed by atoms with van der Waals surface area (Å²) in [6.07, 6.45) is 3.50. The van der Waals surface area contributed by atoms with Crippen LogP contribution in [-0.4, -0.2) is 33.8 Å². The summed E-state index contributed by atoms with van der Waals surface area (Å²) in [5.74, 6) is 1.72. The first kappa shape index (κ1) is 17.9. The second kappa shape index (κ2) is 8.01. The van der Waals surface area contributed by atoms with Crippen molar-refractivity contribution in [1.29, 1.82) is 0 Å². The molecule has 0 amide bonds. The van der Waals surface area contributed by atoms with Crippen LogP contribution in [0.15, 0.2) is 39.9 Å². The Kier molecular flexibility index (Phi) is 5.52. The number of aromatic amines is 1. The van der Waals surface area contributed by atoms with E-state index in [9.17, 15) is 9.18 Å². The van der Waals surface area contributed by atoms with Crippen molar-refractivity contribution < 1.29 is 18.3 Å². The number of aromatic nitrogens is 3. The van der Waals surface area contributed by atoms with E-state index in [4.69, 9.17) is 9.15 Å². The van der Waals surface area contributed by atoms with Crippen molar-refractivity contribution in [3.05, 3.63) is 59.1 Å². The fourth-order valence-electron chi connectivity index (χ4n) is 2.21. The monoisotopic (exact) mass is 373 g/mol. The molecule has 0 bridgehead atoms. The summed E-state index contributed by atoms with van der Waals surface area (Å²) in [5.41, 5.74) is 0.198. The van der Waals surface area contributed by atoms with Gasteiger partial charge in [-0.3, -0.25) is 9.89 Å². The highest BCUT2D eigenvalue weighted by Crippen LogP contribution is 2.23. The maximum Gasteiger partial charge on any atom is 0.209 e. The molecular formula is C18H16FN3O3S. The lowest BCUT2D eigenvalue weighted by atomic mass is 10.1. The normalized spacial score (nSPS) is 11.2. The van der Waals surface area contributed by atoms with Gasteiger partial charge in [0.2, 0.25) is 5.16 Å². The van der Waals surface area contributed by atoms with Crippen LogP contribution in [0.4, 0.5) is 4.39 Å². The smallest absolute Gasteiger partial charge is 0.209 e. The van der Waals surface area contributed by atoms with Gasteiger partial charge in [0, 0.05) is 0 Å². The first-order valence-electron chi connectivity index (χ1n) is 7.71. The van der Waals surface area contributed by atoms with E-state index < -0.39 is 5.82 Å². The molecule has 8 heteroatoms. The van der Waals surface area contributed by atoms with E-state index >= 15 is 0 Å². The number of carbonyl (C=O) groups is 1. The number of ketones is 1. The first-order chi connectivity index (χ1) is 12.5. The number of hydrogen-bond acceptors (Lipinski definition) is 6. The zero-order valence-electron chi connectivity index (χ0n) is 14.2. The second-order valence-electron chi connectivity index (χ2n) is 5.34. The molecule has 0 saturated carbocycles. The molecule has 2 aromatic heterocycles. The minimum Gasteiger partial charge on any atom is -0.496 e. The third kappa shape index (κ3) is 4.40. The van der Waals surface area contributed by atoms with E-state index in [-0.39, 0.29) is 17.1 Å². The SMILES string of the molecule is COc1ccc(F)cc1C(=O)CSc1n[nH]c(C=Cc2ccc(C)o2)n1. The number of benzene rings is 1. The molecule has 6 nitrogen and oxygen atoms in total. The first-order valence-corrected chi connectivity index (χ1v) is 8.70. The number of H-pyrrole nitrogens is 1. The lowest BCUT2D eigenvalue weighted by molar-refractivity contribution is 0.101. The van der Waals surface area contributed by atoms with Gasteiger partial charge in [-0.2, -0.15) is 0 Å². The topological polar surface area (TPSA) is 81.0 Å². The molecule has 2 heterocycles. The number of aryl methyl sites for hydroxylation is 1. The Morgan fingerprint density at radius 2 is 2.19 bits per heavy atom. The van der Waals surface area contributed by atoms with Crippen LogP contribution in [0, 0.1) is 12.7 Å². The highest BCUT2D eigenvalue weighted by molar-refractivity contribution is 7.99. The van der Waals surface area contributed by atoms with Crippen LogP contribution in [-0.2, 0) is 0 Å². The fraction of sp³-hybridized carbons (Fsp3) is 0.167. The molecule has 0 aliphatic heterocycles. The van der Waals surface area contributed by atoms with Gasteiger partial charge in [-0.1, -0.05) is 11.8 Å². The van der Waals surface area contributed by atoms with E-state index in [0.717, 1.165) is 17.5 Å². The van der Waals surface area contributed by atoms with E-state index in [1.165, 1.54) is 25.3 Å². The Morgan fingerprint density at radius 3 is 2.92 bits per heavy atom. The van der Waals surface area contributed by atoms with Crippen molar-refractivity contribution >= 4 is 29.7 Å². The van der Waals surface area contributed by atoms with Gasteiger partial charge in [-0.15, -0.1) is 5.10 Å². The summed E-state index contributed by atoms with van der Waals surface area (Å²) in [6, 6.07) is 7.56. The standard InChI is InChI=1S/C18H16FN3O3S/c1-11-3-5-13(25-11)6-8-17-20-18(22-21-17)26-10-15(23)14-9-12(19)4-7-16(14)24-2/h3-9H,10H2,1-2H3,(H,20,21,22). The van der Waals surface area contributed by atoms with E-state index in [1.807, 2.05) is 19.1 Å². The molecule has 1 aromatic carbocycles. The largest absolute Gasteiger partial charge is 0.496 e. The van der Waals surface area contributed by atoms with Crippen LogP contribution in [0.25, 0.3) is 12.2 Å². The predicted octanol–water partition coefficient (Wildman–Crippen LogP) is 4.00. The molecule has 0 saturated heterocycles. The van der Waals surface area contributed by atoms with Crippen LogP contribution in [0.5, 0.6) is 5.75 Å². The highest BCUT2D eigenvalue weighted by Gasteiger charge is 2.15. The molecule has 3 aromatic rings. The second-order valence-corrected chi connectivity index (χ2v) is 6.28. The molecule has 0 spiro atoms. The van der Waals surface area contributed by atoms with Gasteiger partial charge in [0.25, 0.3) is 0 Å². The van der Waals surface area contributed by atoms with Crippen molar-refractivity contribution in [2.75, 3.05) is 12.9 Å². The van der Waals surface area contributed by atoms with Crippen LogP contribution >= 0.6 is 11.8 Å². The van der Waals surface area contributed by atoms with Crippen LogP contribution in [0.3, 0.4) is 0 Å². The Bertz CT molecular complexity index is 949. The van der Waals surface area contributed by atoms with Crippen molar-refractivity contribution in [3.8, 4) is 5.75 Å². The molecule has 0 radical (unpaired) electrons. The maximum atomic E-state index is 13.4. The van der Waals surface area contributed by atoms with Crippen molar-refractivity contribution in [2.45, 2.75) is 12.1 Å². The molecule has 0 aliphatic rings. The average molecular weight is 373 g/mol. The van der Waals surface area contributed by atoms with Gasteiger partial charge in [0.05, 0.1) is 18.4 Å². The van der Waals surface area contributed by atoms with Crippen LogP contribution < -0.4 is 4.74 Å². The minimum atomic E-state index is -0.488. The van der Waals surface area contributed by atoms with Crippen LogP contribution in [0.2, 0.25) is 0 Å². The van der Waals surface area contributed by atoms with E-state index in [0.29, 0.717) is 22.5 Å². The Balaban J connectivity index is 1.62. The predicted molar refractivity (Wildman–Crippen MR) is 96.8 cm³/mol. The number of nitrogens with zero attached hydrogens (tertiary/aromatic N) is 2. The molecule has 134 valence electrons. The van der Waals surface area contributed by atoms with Crippen molar-refractivity contribution in [1.82, 2.24) is 15.2 Å². The number of halogens is 1. The maximum absolute atomic E-state index is 13.4. The van der Waals surface area contributed by atoms with Gasteiger partial charge in [0.15, 0.2) is 5.78 Å². The van der Waals surface area contributed by atoms with Gasteiger partial charge >= 0.3 is 0 Å². The van der Waals surface area contributed by atoms with E-state index in [1.54, 1.807) is 12.2 Å². The number of methoxy groups -OCH3 is 1. The Morgan fingerprint density at radius 1 is 1.35 bits per heavy atom. The summed E-state index contributed by atoms with van der Waals surface area (Å²) in [6.45, 7) is 1.87. The summed E-state index contributed by atoms with van der Waals surface area (Å²) < 4.78 is 23.9. The lowest BCUT2D eigenvalue weighted by Crippen LogP contribution is -2.05. The molecular weight excluding hydrogens is 357 g/mol. The summed E-state index contributed by atoms with van der Waals surface area (Å²) in [7, 11) is 1.44. The zero-order valence-corrected chi connectivity index (χ0v) is 15.0. The molecule has 3 rings (SSSR count). The van der Waals surface area contributed by atoms with Crippen LogP contribution in [0.1, 0.15) is 27.7 Å². The van der Waals surface area contributed by atoms with E-state index in [2.05, 4.69) is 15.2 Å². The van der Waals surface area contributed by atoms with Gasteiger partial charge in [0.1, 0.15) is 28.9 Å². The minimum absolute atomic E-state index is 0.0677. The average Bonchev–Trinajstić information content (AvgIpc) is 3.26. The number of thioether (sulfide) groups is 1. The molecule has 0 fully saturated rings. The fourth-order valence-corrected chi connectivity index (χ4v) is 2.90. The Hall–Kier alpha value is -2.87. The number of furan rings is 1. The number of carbonyl (C=O) groups excluding carboxylic acids is 1. The quantitative estimate of drug-likeness (QED) is 0.498. The van der Waals surface area contributed by atoms with Crippen molar-refractivity contribution in [3.63, 3.8) is 0 Å². The number of rotatable bonds is 7. The van der Waals surface area contributed by atoms with Gasteiger partial charge in [-0.05, 0) is 49.4 Å². The number of hydrogen-bond donors (Lipinski definition) is 1. The molecule has 1 N–H and O–H groups in total. The van der Waals surface area contributed by atoms with Gasteiger partial charge in [-0.25, -0.2) is 9.37 Å². The molecule has 26 heavy (non-hydrogen) atoms. The summed E-state index contributed by atoms with van der Waals surface area (Å²) >= 11 is 1.16. The third-order valence-electron chi connectivity index (χ3n) is 3.44. The summed E-state index contributed by atoms with van der Waals surface area (Å²) in [4.78, 5) is 16.6. The zero-order chi connectivity index (χ0) is 18.5. The number of ether oxygens (including phenoxy) is 1. The summed E-state index contributed by atoms with van der Waals surface area (Å²) in [5, 5.41) is 7.24. The molecule has 0 unspecified atom stereocenters. The highest BCUT2D eigenvalue weighted by atomic mass is 32.2. The third-order valence-corrected chi connectivity index (χ3v) is 4.29. The Labute approximate surface area is 153 Å². The molecule has 0 atom stereocenters. The van der Waals surface area contributed by atoms with Crippen molar-refractivity contribution in [2.24, 2.45) is 0 Å². The van der Waals surface area contributed by atoms with Gasteiger partial charge < -0.3 is 9.15 Å². The number of nitrogens with one attached hydrogen (secondary N) is 1. The number of Topliss-reactive ketones (excluding diaryl/α,β-unsaturated/α-hetero) is 1.